The predicted octanol–water partition coefficient (Wildman–Crippen LogP) is 2.41. The molecule has 0 fully saturated rings. The van der Waals surface area contributed by atoms with E-state index >= 15 is 0 Å². The van der Waals surface area contributed by atoms with Crippen LogP contribution in [0, 0.1) is 5.82 Å². The smallest absolute Gasteiger partial charge is 0.289 e. The lowest BCUT2D eigenvalue weighted by Gasteiger charge is -2.15. The van der Waals surface area contributed by atoms with Crippen LogP contribution in [0.15, 0.2) is 40.6 Å². The fraction of sp³-hybridized carbons (Fsp3) is 0.286. The maximum Gasteiger partial charge on any atom is 0.289 e. The van der Waals surface area contributed by atoms with Gasteiger partial charge in [-0.25, -0.2) is 9.82 Å². The molecule has 0 aromatic heterocycles. The van der Waals surface area contributed by atoms with Crippen molar-refractivity contribution in [3.8, 4) is 23.0 Å². The second-order valence-corrected chi connectivity index (χ2v) is 6.73. The van der Waals surface area contributed by atoms with Gasteiger partial charge in [0.1, 0.15) is 17.6 Å². The first kappa shape index (κ1) is 20.5. The van der Waals surface area contributed by atoms with Crippen LogP contribution in [0.25, 0.3) is 0 Å². The summed E-state index contributed by atoms with van der Waals surface area (Å²) >= 11 is 0. The SMILES string of the molecule is COc1cc(C[C@H]2CC(C(=O)N/N=C\c3ccccc3F)=NO2)c(OC)c2c1OCO2. The number of methoxy groups -OCH3 is 2. The highest BCUT2D eigenvalue weighted by Gasteiger charge is 2.31. The van der Waals surface area contributed by atoms with Crippen molar-refractivity contribution in [3.63, 3.8) is 0 Å². The van der Waals surface area contributed by atoms with Crippen LogP contribution >= 0.6 is 0 Å². The molecule has 4 rings (SSSR count). The van der Waals surface area contributed by atoms with Gasteiger partial charge in [-0.05, 0) is 12.1 Å². The highest BCUT2D eigenvalue weighted by molar-refractivity contribution is 6.39. The first-order valence-electron chi connectivity index (χ1n) is 9.44. The number of ether oxygens (including phenoxy) is 4. The Labute approximate surface area is 177 Å². The number of hydrogen-bond donors (Lipinski definition) is 1. The van der Waals surface area contributed by atoms with E-state index in [1.807, 2.05) is 0 Å². The highest BCUT2D eigenvalue weighted by atomic mass is 19.1. The number of rotatable bonds is 7. The number of hydrogen-bond acceptors (Lipinski definition) is 8. The van der Waals surface area contributed by atoms with E-state index in [2.05, 4.69) is 15.7 Å². The lowest BCUT2D eigenvalue weighted by atomic mass is 10.0. The monoisotopic (exact) mass is 429 g/mol. The molecule has 10 heteroatoms. The first-order valence-corrected chi connectivity index (χ1v) is 9.44. The van der Waals surface area contributed by atoms with E-state index in [9.17, 15) is 9.18 Å². The Hall–Kier alpha value is -3.82. The second kappa shape index (κ2) is 8.90. The van der Waals surface area contributed by atoms with Gasteiger partial charge in [0.2, 0.25) is 18.3 Å². The number of hydrazone groups is 1. The average molecular weight is 429 g/mol. The van der Waals surface area contributed by atoms with Crippen molar-refractivity contribution in [2.75, 3.05) is 21.0 Å². The van der Waals surface area contributed by atoms with Crippen LogP contribution in [-0.4, -0.2) is 44.9 Å². The van der Waals surface area contributed by atoms with Gasteiger partial charge in [-0.1, -0.05) is 23.4 Å². The number of nitrogens with one attached hydrogen (secondary N) is 1. The lowest BCUT2D eigenvalue weighted by Crippen LogP contribution is -2.27. The van der Waals surface area contributed by atoms with E-state index in [0.717, 1.165) is 5.56 Å². The Balaban J connectivity index is 1.39. The first-order chi connectivity index (χ1) is 15.1. The van der Waals surface area contributed by atoms with Gasteiger partial charge >= 0.3 is 0 Å². The van der Waals surface area contributed by atoms with E-state index in [-0.39, 0.29) is 24.5 Å². The Bertz CT molecular complexity index is 1060. The lowest BCUT2D eigenvalue weighted by molar-refractivity contribution is -0.114. The molecule has 0 unspecified atom stereocenters. The molecule has 0 bridgehead atoms. The summed E-state index contributed by atoms with van der Waals surface area (Å²) in [5, 5.41) is 7.63. The maximum absolute atomic E-state index is 13.6. The van der Waals surface area contributed by atoms with E-state index < -0.39 is 17.8 Å². The van der Waals surface area contributed by atoms with E-state index in [4.69, 9.17) is 23.8 Å². The Morgan fingerprint density at radius 2 is 2.10 bits per heavy atom. The van der Waals surface area contributed by atoms with E-state index in [0.29, 0.717) is 29.4 Å². The van der Waals surface area contributed by atoms with Crippen molar-refractivity contribution >= 4 is 17.8 Å². The predicted molar refractivity (Wildman–Crippen MR) is 108 cm³/mol. The summed E-state index contributed by atoms with van der Waals surface area (Å²) in [6.07, 6.45) is 1.50. The van der Waals surface area contributed by atoms with Crippen LogP contribution in [-0.2, 0) is 16.1 Å². The number of oxime groups is 1. The third-order valence-electron chi connectivity index (χ3n) is 4.78. The average Bonchev–Trinajstić information content (AvgIpc) is 3.44. The summed E-state index contributed by atoms with van der Waals surface area (Å²) in [7, 11) is 3.07. The van der Waals surface area contributed by atoms with Gasteiger partial charge < -0.3 is 23.8 Å². The van der Waals surface area contributed by atoms with Crippen LogP contribution in [0.2, 0.25) is 0 Å². The van der Waals surface area contributed by atoms with Crippen molar-refractivity contribution in [2.45, 2.75) is 18.9 Å². The number of nitrogens with zero attached hydrogens (tertiary/aromatic N) is 2. The number of carbonyl (C=O) groups is 1. The second-order valence-electron chi connectivity index (χ2n) is 6.73. The largest absolute Gasteiger partial charge is 0.493 e. The van der Waals surface area contributed by atoms with Crippen LogP contribution in [0.1, 0.15) is 17.5 Å². The number of benzene rings is 2. The van der Waals surface area contributed by atoms with Crippen molar-refractivity contribution < 1.29 is 33.0 Å². The van der Waals surface area contributed by atoms with Crippen molar-refractivity contribution in [1.29, 1.82) is 0 Å². The molecule has 0 spiro atoms. The molecule has 2 aromatic rings. The minimum atomic E-state index is -0.523. The molecule has 9 nitrogen and oxygen atoms in total. The zero-order chi connectivity index (χ0) is 21.8. The molecule has 31 heavy (non-hydrogen) atoms. The molecule has 0 saturated heterocycles. The normalized spacial score (nSPS) is 16.7. The van der Waals surface area contributed by atoms with Crippen molar-refractivity contribution in [2.24, 2.45) is 10.3 Å². The van der Waals surface area contributed by atoms with Crippen molar-refractivity contribution in [1.82, 2.24) is 5.43 Å². The van der Waals surface area contributed by atoms with Gasteiger partial charge in [0, 0.05) is 24.0 Å². The quantitative estimate of drug-likeness (QED) is 0.536. The maximum atomic E-state index is 13.6. The van der Waals surface area contributed by atoms with E-state index in [1.165, 1.54) is 26.5 Å². The standard InChI is InChI=1S/C21H20FN3O6/c1-27-17-8-13(18(28-2)20-19(17)29-11-30-20)7-14-9-16(25-31-14)21(26)24-23-10-12-5-3-4-6-15(12)22/h3-6,8,10,14H,7,9,11H2,1-2H3,(H,24,26)/b23-10-/t14-/m0/s1. The van der Waals surface area contributed by atoms with Crippen LogP contribution < -0.4 is 24.4 Å². The van der Waals surface area contributed by atoms with Gasteiger partial charge in [0.25, 0.3) is 5.91 Å². The number of amides is 1. The zero-order valence-electron chi connectivity index (χ0n) is 16.9. The summed E-state index contributed by atoms with van der Waals surface area (Å²) in [4.78, 5) is 17.7. The van der Waals surface area contributed by atoms with Gasteiger partial charge in [0.15, 0.2) is 11.5 Å². The molecular weight excluding hydrogens is 409 g/mol. The molecular formula is C21H20FN3O6. The Morgan fingerprint density at radius 1 is 1.29 bits per heavy atom. The summed E-state index contributed by atoms with van der Waals surface area (Å²) in [5.74, 6) is 1.03. The number of fused-ring (bicyclic) bond motifs is 1. The minimum Gasteiger partial charge on any atom is -0.493 e. The molecule has 0 aliphatic carbocycles. The molecule has 2 aliphatic rings. The van der Waals surface area contributed by atoms with Gasteiger partial charge in [0.05, 0.1) is 20.4 Å². The summed E-state index contributed by atoms with van der Waals surface area (Å²) in [5.41, 5.74) is 3.54. The Morgan fingerprint density at radius 3 is 2.87 bits per heavy atom. The number of halogens is 1. The third kappa shape index (κ3) is 4.23. The fourth-order valence-electron chi connectivity index (χ4n) is 3.31. The highest BCUT2D eigenvalue weighted by Crippen LogP contribution is 2.49. The third-order valence-corrected chi connectivity index (χ3v) is 4.78. The Kier molecular flexibility index (Phi) is 5.87. The summed E-state index contributed by atoms with van der Waals surface area (Å²) in [6.45, 7) is 0.0757. The van der Waals surface area contributed by atoms with Crippen LogP contribution in [0.5, 0.6) is 23.0 Å². The molecule has 2 aromatic carbocycles. The van der Waals surface area contributed by atoms with Gasteiger partial charge in [-0.3, -0.25) is 4.79 Å². The molecule has 0 saturated carbocycles. The van der Waals surface area contributed by atoms with Gasteiger partial charge in [-0.15, -0.1) is 0 Å². The number of carbonyl (C=O) groups excluding carboxylic acids is 1. The molecule has 2 aliphatic heterocycles. The van der Waals surface area contributed by atoms with Crippen LogP contribution in [0.3, 0.4) is 0 Å². The minimum absolute atomic E-state index is 0.0757. The fourth-order valence-corrected chi connectivity index (χ4v) is 3.31. The van der Waals surface area contributed by atoms with Crippen LogP contribution in [0.4, 0.5) is 4.39 Å². The molecule has 1 N–H and O–H groups in total. The summed E-state index contributed by atoms with van der Waals surface area (Å²) in [6, 6.07) is 7.88. The van der Waals surface area contributed by atoms with Crippen molar-refractivity contribution in [3.05, 3.63) is 47.3 Å². The van der Waals surface area contributed by atoms with E-state index in [1.54, 1.807) is 24.3 Å². The molecule has 2 heterocycles. The molecule has 1 amide bonds. The molecule has 1 atom stereocenters. The van der Waals surface area contributed by atoms with Gasteiger partial charge in [-0.2, -0.15) is 5.10 Å². The molecule has 0 radical (unpaired) electrons. The topological polar surface area (TPSA) is 100.0 Å². The zero-order valence-corrected chi connectivity index (χ0v) is 16.9. The molecule has 162 valence electrons. The summed E-state index contributed by atoms with van der Waals surface area (Å²) < 4.78 is 35.4.